The third kappa shape index (κ3) is 2.41. The molecule has 0 aliphatic carbocycles. The number of halogens is 1. The first-order chi connectivity index (χ1) is 9.74. The van der Waals surface area contributed by atoms with E-state index in [1.54, 1.807) is 36.7 Å². The van der Waals surface area contributed by atoms with Gasteiger partial charge in [-0.05, 0) is 41.9 Å². The van der Waals surface area contributed by atoms with Crippen LogP contribution < -0.4 is 5.32 Å². The zero-order valence-electron chi connectivity index (χ0n) is 10.2. The van der Waals surface area contributed by atoms with Crippen LogP contribution in [0, 0.1) is 0 Å². The Bertz CT molecular complexity index is 719. The van der Waals surface area contributed by atoms with Gasteiger partial charge in [-0.1, -0.05) is 0 Å². The maximum absolute atomic E-state index is 11.9. The third-order valence-corrected chi connectivity index (χ3v) is 2.93. The van der Waals surface area contributed by atoms with Crippen LogP contribution in [0.1, 0.15) is 10.4 Å². The number of rotatable bonds is 3. The van der Waals surface area contributed by atoms with Crippen molar-refractivity contribution < 1.29 is 9.21 Å². The second kappa shape index (κ2) is 5.18. The molecule has 7 heteroatoms. The number of nitrogens with one attached hydrogen (secondary N) is 1. The predicted molar refractivity (Wildman–Crippen MR) is 73.0 cm³/mol. The van der Waals surface area contributed by atoms with Crippen molar-refractivity contribution in [3.05, 3.63) is 59.8 Å². The molecule has 0 aliphatic rings. The Morgan fingerprint density at radius 1 is 1.15 bits per heavy atom. The number of hydrogen-bond acceptors (Lipinski definition) is 4. The van der Waals surface area contributed by atoms with Gasteiger partial charge in [0.1, 0.15) is 0 Å². The molecule has 2 heterocycles. The van der Waals surface area contributed by atoms with Gasteiger partial charge in [-0.15, -0.1) is 0 Å². The molecule has 0 bridgehead atoms. The van der Waals surface area contributed by atoms with E-state index in [0.29, 0.717) is 11.3 Å². The smallest absolute Gasteiger partial charge is 0.260 e. The maximum atomic E-state index is 11.9. The SMILES string of the molecule is O=C(Nc1ccc(-n2nccn2)cc1)c1ccoc1Cl. The summed E-state index contributed by atoms with van der Waals surface area (Å²) in [4.78, 5) is 13.4. The van der Waals surface area contributed by atoms with Crippen molar-refractivity contribution in [2.45, 2.75) is 0 Å². The molecule has 0 saturated carbocycles. The molecule has 0 aliphatic heterocycles. The molecule has 1 amide bonds. The number of nitrogens with zero attached hydrogens (tertiary/aromatic N) is 3. The van der Waals surface area contributed by atoms with Gasteiger partial charge in [-0.2, -0.15) is 15.0 Å². The van der Waals surface area contributed by atoms with Crippen LogP contribution in [0.2, 0.25) is 5.22 Å². The van der Waals surface area contributed by atoms with E-state index in [1.165, 1.54) is 17.1 Å². The van der Waals surface area contributed by atoms with Crippen molar-refractivity contribution in [3.63, 3.8) is 0 Å². The van der Waals surface area contributed by atoms with E-state index >= 15 is 0 Å². The second-order valence-electron chi connectivity index (χ2n) is 3.93. The van der Waals surface area contributed by atoms with Crippen LogP contribution in [0.4, 0.5) is 5.69 Å². The van der Waals surface area contributed by atoms with Crippen LogP contribution in [0.25, 0.3) is 5.69 Å². The molecule has 1 N–H and O–H groups in total. The Morgan fingerprint density at radius 2 is 1.85 bits per heavy atom. The monoisotopic (exact) mass is 288 g/mol. The van der Waals surface area contributed by atoms with E-state index in [0.717, 1.165) is 5.69 Å². The van der Waals surface area contributed by atoms with Gasteiger partial charge in [0, 0.05) is 5.69 Å². The summed E-state index contributed by atoms with van der Waals surface area (Å²) >= 11 is 5.75. The number of anilines is 1. The first-order valence-electron chi connectivity index (χ1n) is 5.75. The normalized spacial score (nSPS) is 10.4. The fourth-order valence-electron chi connectivity index (χ4n) is 1.68. The van der Waals surface area contributed by atoms with E-state index in [1.807, 2.05) is 0 Å². The highest BCUT2D eigenvalue weighted by Gasteiger charge is 2.13. The Balaban J connectivity index is 1.76. The molecule has 0 spiro atoms. The number of carbonyl (C=O) groups excluding carboxylic acids is 1. The summed E-state index contributed by atoms with van der Waals surface area (Å²) in [6.45, 7) is 0. The Hall–Kier alpha value is -2.60. The number of aromatic nitrogens is 3. The summed E-state index contributed by atoms with van der Waals surface area (Å²) in [7, 11) is 0. The van der Waals surface area contributed by atoms with Crippen molar-refractivity contribution >= 4 is 23.2 Å². The molecular weight excluding hydrogens is 280 g/mol. The van der Waals surface area contributed by atoms with Gasteiger partial charge in [-0.25, -0.2) is 0 Å². The van der Waals surface area contributed by atoms with Crippen molar-refractivity contribution in [1.82, 2.24) is 15.0 Å². The van der Waals surface area contributed by atoms with Crippen LogP contribution in [0.3, 0.4) is 0 Å². The number of hydrogen-bond donors (Lipinski definition) is 1. The molecule has 0 unspecified atom stereocenters. The topological polar surface area (TPSA) is 73.0 Å². The Morgan fingerprint density at radius 3 is 2.45 bits per heavy atom. The lowest BCUT2D eigenvalue weighted by atomic mass is 10.2. The first-order valence-corrected chi connectivity index (χ1v) is 6.13. The fraction of sp³-hybridized carbons (Fsp3) is 0. The zero-order valence-corrected chi connectivity index (χ0v) is 10.9. The number of carbonyl (C=O) groups is 1. The van der Waals surface area contributed by atoms with Gasteiger partial charge in [0.2, 0.25) is 5.22 Å². The van der Waals surface area contributed by atoms with Crippen molar-refractivity contribution in [3.8, 4) is 5.69 Å². The van der Waals surface area contributed by atoms with E-state index < -0.39 is 0 Å². The van der Waals surface area contributed by atoms with Crippen LogP contribution in [0.5, 0.6) is 0 Å². The molecule has 3 rings (SSSR count). The van der Waals surface area contributed by atoms with Crippen molar-refractivity contribution in [2.24, 2.45) is 0 Å². The minimum atomic E-state index is -0.325. The summed E-state index contributed by atoms with van der Waals surface area (Å²) in [5.41, 5.74) is 1.74. The molecule has 3 aromatic rings. The summed E-state index contributed by atoms with van der Waals surface area (Å²) in [6.07, 6.45) is 4.55. The van der Waals surface area contributed by atoms with Gasteiger partial charge < -0.3 is 9.73 Å². The largest absolute Gasteiger partial charge is 0.452 e. The van der Waals surface area contributed by atoms with E-state index in [9.17, 15) is 4.79 Å². The van der Waals surface area contributed by atoms with Crippen molar-refractivity contribution in [2.75, 3.05) is 5.32 Å². The van der Waals surface area contributed by atoms with Crippen molar-refractivity contribution in [1.29, 1.82) is 0 Å². The predicted octanol–water partition coefficient (Wildman–Crippen LogP) is 2.77. The third-order valence-electron chi connectivity index (χ3n) is 2.64. The van der Waals surface area contributed by atoms with Gasteiger partial charge in [0.15, 0.2) is 0 Å². The second-order valence-corrected chi connectivity index (χ2v) is 4.27. The highest BCUT2D eigenvalue weighted by Crippen LogP contribution is 2.19. The average molecular weight is 289 g/mol. The molecule has 100 valence electrons. The highest BCUT2D eigenvalue weighted by atomic mass is 35.5. The van der Waals surface area contributed by atoms with Crippen LogP contribution >= 0.6 is 11.6 Å². The fourth-order valence-corrected chi connectivity index (χ4v) is 1.88. The van der Waals surface area contributed by atoms with Crippen LogP contribution in [0.15, 0.2) is 53.4 Å². The molecule has 0 saturated heterocycles. The van der Waals surface area contributed by atoms with Gasteiger partial charge in [0.25, 0.3) is 5.91 Å². The lowest BCUT2D eigenvalue weighted by Crippen LogP contribution is -2.11. The number of benzene rings is 1. The molecule has 6 nitrogen and oxygen atoms in total. The molecule has 0 atom stereocenters. The minimum Gasteiger partial charge on any atom is -0.452 e. The highest BCUT2D eigenvalue weighted by molar-refractivity contribution is 6.32. The standard InChI is InChI=1S/C13H9ClN4O2/c14-12-11(5-8-20-12)13(19)17-9-1-3-10(4-2-9)18-15-6-7-16-18/h1-8H,(H,17,19). The van der Waals surface area contributed by atoms with Gasteiger partial charge in [-0.3, -0.25) is 4.79 Å². The average Bonchev–Trinajstić information content (AvgIpc) is 3.10. The van der Waals surface area contributed by atoms with Gasteiger partial charge >= 0.3 is 0 Å². The molecule has 2 aromatic heterocycles. The Labute approximate surface area is 119 Å². The van der Waals surface area contributed by atoms with E-state index in [4.69, 9.17) is 16.0 Å². The van der Waals surface area contributed by atoms with E-state index in [2.05, 4.69) is 15.5 Å². The first kappa shape index (κ1) is 12.4. The van der Waals surface area contributed by atoms with Crippen LogP contribution in [-0.2, 0) is 0 Å². The summed E-state index contributed by atoms with van der Waals surface area (Å²) in [6, 6.07) is 8.62. The maximum Gasteiger partial charge on any atom is 0.260 e. The quantitative estimate of drug-likeness (QED) is 0.804. The molecule has 1 aromatic carbocycles. The number of amides is 1. The minimum absolute atomic E-state index is 0.0693. The number of furan rings is 1. The zero-order chi connectivity index (χ0) is 13.9. The summed E-state index contributed by atoms with van der Waals surface area (Å²) in [5, 5.41) is 10.8. The summed E-state index contributed by atoms with van der Waals surface area (Å²) < 4.78 is 4.88. The molecular formula is C13H9ClN4O2. The van der Waals surface area contributed by atoms with E-state index in [-0.39, 0.29) is 11.1 Å². The lowest BCUT2D eigenvalue weighted by Gasteiger charge is -2.05. The van der Waals surface area contributed by atoms with Crippen LogP contribution in [-0.4, -0.2) is 20.9 Å². The Kier molecular flexibility index (Phi) is 3.22. The molecule has 20 heavy (non-hydrogen) atoms. The van der Waals surface area contributed by atoms with Gasteiger partial charge in [0.05, 0.1) is 29.9 Å². The summed E-state index contributed by atoms with van der Waals surface area (Å²) in [5.74, 6) is -0.325. The lowest BCUT2D eigenvalue weighted by molar-refractivity contribution is 0.102. The molecule has 0 fully saturated rings. The molecule has 0 radical (unpaired) electrons.